The van der Waals surface area contributed by atoms with Crippen molar-refractivity contribution in [3.8, 4) is 11.1 Å². The summed E-state index contributed by atoms with van der Waals surface area (Å²) in [6, 6.07) is 23.3. The molecule has 3 aromatic rings. The van der Waals surface area contributed by atoms with Crippen molar-refractivity contribution in [1.82, 2.24) is 5.32 Å². The summed E-state index contributed by atoms with van der Waals surface area (Å²) in [7, 11) is 0. The third kappa shape index (κ3) is 5.12. The first-order chi connectivity index (χ1) is 15.5. The Morgan fingerprint density at radius 1 is 0.938 bits per heavy atom. The number of hydrogen-bond donors (Lipinski definition) is 2. The Morgan fingerprint density at radius 3 is 2.12 bits per heavy atom. The lowest BCUT2D eigenvalue weighted by molar-refractivity contribution is -0.139. The van der Waals surface area contributed by atoms with E-state index in [0.717, 1.165) is 37.8 Å². The van der Waals surface area contributed by atoms with Crippen molar-refractivity contribution in [2.24, 2.45) is 0 Å². The zero-order chi connectivity index (χ0) is 22.5. The molecule has 32 heavy (non-hydrogen) atoms. The van der Waals surface area contributed by atoms with Gasteiger partial charge in [-0.3, -0.25) is 0 Å². The van der Waals surface area contributed by atoms with E-state index >= 15 is 0 Å². The minimum Gasteiger partial charge on any atom is -0.480 e. The van der Waals surface area contributed by atoms with E-state index in [9.17, 15) is 14.7 Å². The van der Waals surface area contributed by atoms with Gasteiger partial charge in [0.15, 0.2) is 0 Å². The molecule has 4 rings (SSSR count). The van der Waals surface area contributed by atoms with E-state index in [1.807, 2.05) is 60.7 Å². The highest BCUT2D eigenvalue weighted by molar-refractivity contribution is 14.1. The number of rotatable bonds is 8. The zero-order valence-corrected chi connectivity index (χ0v) is 19.6. The summed E-state index contributed by atoms with van der Waals surface area (Å²) in [5, 5.41) is 12.0. The van der Waals surface area contributed by atoms with Crippen molar-refractivity contribution < 1.29 is 19.4 Å². The normalized spacial score (nSPS) is 13.2. The van der Waals surface area contributed by atoms with Gasteiger partial charge < -0.3 is 15.2 Å². The monoisotopic (exact) mass is 541 g/mol. The maximum Gasteiger partial charge on any atom is 0.407 e. The minimum atomic E-state index is -1.05. The number of alkyl carbamates (subject to hydrolysis) is 1. The maximum absolute atomic E-state index is 12.4. The highest BCUT2D eigenvalue weighted by Gasteiger charge is 2.29. The van der Waals surface area contributed by atoms with Crippen LogP contribution in [0, 0.1) is 3.57 Å². The highest BCUT2D eigenvalue weighted by Crippen LogP contribution is 2.44. The molecule has 6 heteroatoms. The van der Waals surface area contributed by atoms with E-state index in [-0.39, 0.29) is 12.5 Å². The standard InChI is InChI=1S/C26H24INO4/c27-18-14-12-17(13-15-18)6-5-11-24(25(29)30)28-26(31)32-16-23-21-9-3-1-7-19(21)20-8-2-4-10-22(20)23/h1-4,7-10,12-15,23-24H,5-6,11,16H2,(H,28,31)(H,29,30)/t24-/m0/s1. The number of hydrogen-bond acceptors (Lipinski definition) is 3. The number of carboxylic acids is 1. The van der Waals surface area contributed by atoms with Crippen molar-refractivity contribution in [2.45, 2.75) is 31.2 Å². The van der Waals surface area contributed by atoms with Crippen LogP contribution in [0.2, 0.25) is 0 Å². The molecule has 0 bridgehead atoms. The Bertz CT molecular complexity index is 1070. The Kier molecular flexibility index (Phi) is 7.09. The fraction of sp³-hybridized carbons (Fsp3) is 0.231. The van der Waals surface area contributed by atoms with Gasteiger partial charge in [0.25, 0.3) is 0 Å². The number of nitrogens with one attached hydrogen (secondary N) is 1. The topological polar surface area (TPSA) is 75.6 Å². The van der Waals surface area contributed by atoms with Gasteiger partial charge in [0.05, 0.1) is 0 Å². The molecule has 1 aliphatic rings. The van der Waals surface area contributed by atoms with Crippen LogP contribution in [0.15, 0.2) is 72.8 Å². The Hall–Kier alpha value is -2.87. The molecule has 0 unspecified atom stereocenters. The van der Waals surface area contributed by atoms with Crippen molar-refractivity contribution >= 4 is 34.7 Å². The molecular weight excluding hydrogens is 517 g/mol. The lowest BCUT2D eigenvalue weighted by atomic mass is 9.98. The van der Waals surface area contributed by atoms with Gasteiger partial charge in [-0.05, 0) is 81.8 Å². The molecule has 0 spiro atoms. The number of ether oxygens (including phenoxy) is 1. The lowest BCUT2D eigenvalue weighted by Crippen LogP contribution is -2.41. The van der Waals surface area contributed by atoms with Crippen LogP contribution < -0.4 is 5.32 Å². The minimum absolute atomic E-state index is 0.0581. The molecule has 3 aromatic carbocycles. The molecule has 2 N–H and O–H groups in total. The van der Waals surface area contributed by atoms with Crippen LogP contribution in [-0.4, -0.2) is 29.8 Å². The Balaban J connectivity index is 1.33. The van der Waals surface area contributed by atoms with Crippen LogP contribution in [0.3, 0.4) is 0 Å². The van der Waals surface area contributed by atoms with E-state index in [1.54, 1.807) is 0 Å². The maximum atomic E-state index is 12.4. The molecule has 164 valence electrons. The Morgan fingerprint density at radius 2 is 1.53 bits per heavy atom. The molecule has 0 radical (unpaired) electrons. The smallest absolute Gasteiger partial charge is 0.407 e. The van der Waals surface area contributed by atoms with Gasteiger partial charge in [0.2, 0.25) is 0 Å². The van der Waals surface area contributed by atoms with Gasteiger partial charge in [0.1, 0.15) is 12.6 Å². The van der Waals surface area contributed by atoms with Crippen molar-refractivity contribution in [1.29, 1.82) is 0 Å². The number of carboxylic acid groups (broad SMARTS) is 1. The zero-order valence-electron chi connectivity index (χ0n) is 17.5. The highest BCUT2D eigenvalue weighted by atomic mass is 127. The SMILES string of the molecule is O=C(N[C@@H](CCCc1ccc(I)cc1)C(=O)O)OCC1c2ccccc2-c2ccccc21. The van der Waals surface area contributed by atoms with E-state index in [2.05, 4.69) is 40.0 Å². The van der Waals surface area contributed by atoms with Crippen LogP contribution >= 0.6 is 22.6 Å². The van der Waals surface area contributed by atoms with Crippen LogP contribution in [0.5, 0.6) is 0 Å². The summed E-state index contributed by atoms with van der Waals surface area (Å²) < 4.78 is 6.64. The summed E-state index contributed by atoms with van der Waals surface area (Å²) in [5.74, 6) is -1.11. The number of carbonyl (C=O) groups excluding carboxylic acids is 1. The predicted molar refractivity (Wildman–Crippen MR) is 132 cm³/mol. The quantitative estimate of drug-likeness (QED) is 0.364. The predicted octanol–water partition coefficient (Wildman–Crippen LogP) is 5.61. The first kappa shape index (κ1) is 22.3. The number of carbonyl (C=O) groups is 2. The van der Waals surface area contributed by atoms with Crippen LogP contribution in [0.25, 0.3) is 11.1 Å². The molecule has 0 saturated carbocycles. The van der Waals surface area contributed by atoms with Gasteiger partial charge in [-0.2, -0.15) is 0 Å². The van der Waals surface area contributed by atoms with Gasteiger partial charge in [-0.15, -0.1) is 0 Å². The molecule has 0 aromatic heterocycles. The largest absolute Gasteiger partial charge is 0.480 e. The van der Waals surface area contributed by atoms with Gasteiger partial charge in [-0.25, -0.2) is 9.59 Å². The molecule has 1 atom stereocenters. The molecule has 0 fully saturated rings. The summed E-state index contributed by atoms with van der Waals surface area (Å²) >= 11 is 2.25. The summed E-state index contributed by atoms with van der Waals surface area (Å²) in [6.45, 7) is 0.162. The molecule has 0 saturated heterocycles. The van der Waals surface area contributed by atoms with E-state index in [0.29, 0.717) is 12.8 Å². The summed E-state index contributed by atoms with van der Waals surface area (Å²) in [5.41, 5.74) is 5.69. The fourth-order valence-electron chi connectivity index (χ4n) is 4.20. The second-order valence-electron chi connectivity index (χ2n) is 7.88. The molecule has 0 aliphatic heterocycles. The van der Waals surface area contributed by atoms with E-state index < -0.39 is 18.1 Å². The number of fused-ring (bicyclic) bond motifs is 3. The van der Waals surface area contributed by atoms with Crippen LogP contribution in [0.1, 0.15) is 35.4 Å². The van der Waals surface area contributed by atoms with Gasteiger partial charge >= 0.3 is 12.1 Å². The summed E-state index contributed by atoms with van der Waals surface area (Å²) in [4.78, 5) is 24.1. The number of aryl methyl sites for hydroxylation is 1. The fourth-order valence-corrected chi connectivity index (χ4v) is 4.56. The molecule has 5 nitrogen and oxygen atoms in total. The summed E-state index contributed by atoms with van der Waals surface area (Å²) in [6.07, 6.45) is 1.05. The lowest BCUT2D eigenvalue weighted by Gasteiger charge is -2.17. The van der Waals surface area contributed by atoms with Crippen LogP contribution in [0.4, 0.5) is 4.79 Å². The van der Waals surface area contributed by atoms with Gasteiger partial charge in [0, 0.05) is 9.49 Å². The average molecular weight is 541 g/mol. The Labute approximate surface area is 201 Å². The molecule has 0 heterocycles. The third-order valence-electron chi connectivity index (χ3n) is 5.81. The van der Waals surface area contributed by atoms with Crippen molar-refractivity contribution in [2.75, 3.05) is 6.61 Å². The third-order valence-corrected chi connectivity index (χ3v) is 6.52. The van der Waals surface area contributed by atoms with Crippen LogP contribution in [-0.2, 0) is 16.0 Å². The number of amides is 1. The second kappa shape index (κ2) is 10.2. The number of benzene rings is 3. The first-order valence-electron chi connectivity index (χ1n) is 10.6. The van der Waals surface area contributed by atoms with Crippen molar-refractivity contribution in [3.63, 3.8) is 0 Å². The van der Waals surface area contributed by atoms with Crippen molar-refractivity contribution in [3.05, 3.63) is 93.1 Å². The molecule has 1 amide bonds. The molecular formula is C26H24INO4. The number of halogens is 1. The van der Waals surface area contributed by atoms with E-state index in [1.165, 1.54) is 0 Å². The second-order valence-corrected chi connectivity index (χ2v) is 9.13. The van der Waals surface area contributed by atoms with E-state index in [4.69, 9.17) is 4.74 Å². The molecule has 1 aliphatic carbocycles. The van der Waals surface area contributed by atoms with Gasteiger partial charge in [-0.1, -0.05) is 60.7 Å². The first-order valence-corrected chi connectivity index (χ1v) is 11.7. The number of aliphatic carboxylic acids is 1. The average Bonchev–Trinajstić information content (AvgIpc) is 3.12.